The van der Waals surface area contributed by atoms with Crippen LogP contribution in [0.4, 0.5) is 0 Å². The van der Waals surface area contributed by atoms with Gasteiger partial charge in [-0.1, -0.05) is 0 Å². The summed E-state index contributed by atoms with van der Waals surface area (Å²) < 4.78 is 15.3. The number of aromatic nitrogens is 4. The van der Waals surface area contributed by atoms with Crippen molar-refractivity contribution in [2.75, 3.05) is 13.2 Å². The molecule has 9 N–H and O–H groups in total. The van der Waals surface area contributed by atoms with Crippen molar-refractivity contribution < 1.29 is 55.1 Å². The van der Waals surface area contributed by atoms with E-state index in [-0.39, 0.29) is 0 Å². The molecule has 2 aliphatic rings. The monoisotopic (exact) mass is 412 g/mol. The molecular weight excluding hydrogens is 388 g/mol. The van der Waals surface area contributed by atoms with Gasteiger partial charge in [0.15, 0.2) is 12.6 Å². The molecular formula is C13H24N4O11. The van der Waals surface area contributed by atoms with Crippen LogP contribution in [0.15, 0.2) is 6.33 Å². The predicted molar refractivity (Wildman–Crippen MR) is 82.8 cm³/mol. The minimum Gasteiger partial charge on any atom is -0.394 e. The third-order valence-electron chi connectivity index (χ3n) is 4.25. The lowest BCUT2D eigenvalue weighted by molar-refractivity contribution is -0.355. The summed E-state index contributed by atoms with van der Waals surface area (Å²) >= 11 is 0. The first kappa shape index (κ1) is 22.9. The van der Waals surface area contributed by atoms with Gasteiger partial charge in [-0.3, -0.25) is 0 Å². The van der Waals surface area contributed by atoms with Crippen molar-refractivity contribution in [2.24, 2.45) is 0 Å². The summed E-state index contributed by atoms with van der Waals surface area (Å²) in [5.41, 5.74) is 0. The first-order chi connectivity index (χ1) is 13.3. The highest BCUT2D eigenvalue weighted by Crippen LogP contribution is 2.28. The quantitative estimate of drug-likeness (QED) is 0.223. The van der Waals surface area contributed by atoms with Gasteiger partial charge in [0, 0.05) is 0 Å². The molecule has 0 saturated carbocycles. The molecule has 0 amide bonds. The molecule has 15 heteroatoms. The highest BCUT2D eigenvalue weighted by atomic mass is 16.7. The molecule has 1 aromatic rings. The van der Waals surface area contributed by atoms with Crippen molar-refractivity contribution in [3.63, 3.8) is 0 Å². The lowest BCUT2D eigenvalue weighted by Crippen LogP contribution is -2.64. The van der Waals surface area contributed by atoms with Crippen LogP contribution >= 0.6 is 0 Å². The summed E-state index contributed by atoms with van der Waals surface area (Å²) in [4.78, 5) is 0. The van der Waals surface area contributed by atoms with Gasteiger partial charge in [-0.2, -0.15) is 0 Å². The topological polar surface area (TPSA) is 244 Å². The second kappa shape index (κ2) is 10.4. The predicted octanol–water partition coefficient (Wildman–Crippen LogP) is -6.20. The Morgan fingerprint density at radius 3 is 2.00 bits per heavy atom. The zero-order valence-corrected chi connectivity index (χ0v) is 14.4. The fraction of sp³-hybridized carbons (Fsp3) is 0.923. The maximum Gasteiger partial charge on any atom is 0.187 e. The standard InChI is InChI=1S/C12H22O11.CH2N4/c13-1-3-5(15)6(16)9(19)12(22-3)23-10-4(2-14)21-11(20)8(18)7(10)17;1-2-4-5-3-1/h3-20H,1-2H2;1H,(H,2,3,4,5)/t3-,4-,5+,6+,7-,8-,9-,10-,11-,12+;/m1./s1. The van der Waals surface area contributed by atoms with Crippen LogP contribution in [-0.2, 0) is 14.2 Å². The van der Waals surface area contributed by atoms with E-state index < -0.39 is 74.6 Å². The van der Waals surface area contributed by atoms with Crippen LogP contribution in [0, 0.1) is 0 Å². The van der Waals surface area contributed by atoms with Crippen LogP contribution in [0.1, 0.15) is 0 Å². The third-order valence-corrected chi connectivity index (χ3v) is 4.25. The van der Waals surface area contributed by atoms with Crippen molar-refractivity contribution in [3.8, 4) is 0 Å². The molecule has 3 rings (SSSR count). The number of tetrazole rings is 1. The van der Waals surface area contributed by atoms with Gasteiger partial charge in [0.05, 0.1) is 13.2 Å². The molecule has 0 unspecified atom stereocenters. The van der Waals surface area contributed by atoms with Crippen LogP contribution in [0.25, 0.3) is 0 Å². The maximum atomic E-state index is 9.94. The average Bonchev–Trinajstić information content (AvgIpc) is 3.28. The van der Waals surface area contributed by atoms with Gasteiger partial charge >= 0.3 is 0 Å². The molecule has 15 nitrogen and oxygen atoms in total. The number of aliphatic hydroxyl groups excluding tert-OH is 8. The van der Waals surface area contributed by atoms with Crippen LogP contribution in [-0.4, -0.2) is 136 Å². The fourth-order valence-electron chi connectivity index (χ4n) is 2.70. The number of ether oxygens (including phenoxy) is 3. The highest BCUT2D eigenvalue weighted by Gasteiger charge is 2.50. The van der Waals surface area contributed by atoms with E-state index in [1.54, 1.807) is 0 Å². The van der Waals surface area contributed by atoms with Crippen molar-refractivity contribution in [3.05, 3.63) is 6.33 Å². The van der Waals surface area contributed by atoms with E-state index in [4.69, 9.17) is 19.3 Å². The third kappa shape index (κ3) is 5.16. The molecule has 10 atom stereocenters. The molecule has 2 aliphatic heterocycles. The van der Waals surface area contributed by atoms with Gasteiger partial charge in [-0.25, -0.2) is 5.10 Å². The first-order valence-electron chi connectivity index (χ1n) is 8.25. The number of aromatic amines is 1. The first-order valence-corrected chi connectivity index (χ1v) is 8.25. The molecule has 0 bridgehead atoms. The Kier molecular flexibility index (Phi) is 8.53. The summed E-state index contributed by atoms with van der Waals surface area (Å²) in [6, 6.07) is 0. The molecule has 2 saturated heterocycles. The molecule has 0 radical (unpaired) electrons. The van der Waals surface area contributed by atoms with E-state index in [9.17, 15) is 35.7 Å². The second-order valence-electron chi connectivity index (χ2n) is 6.09. The smallest absolute Gasteiger partial charge is 0.187 e. The molecule has 1 aromatic heterocycles. The summed E-state index contributed by atoms with van der Waals surface area (Å²) in [6.07, 6.45) is -14.2. The Hall–Kier alpha value is -1.37. The lowest BCUT2D eigenvalue weighted by Gasteiger charge is -2.45. The van der Waals surface area contributed by atoms with E-state index >= 15 is 0 Å². The van der Waals surface area contributed by atoms with Gasteiger partial charge in [0.1, 0.15) is 55.2 Å². The van der Waals surface area contributed by atoms with E-state index in [2.05, 4.69) is 20.6 Å². The van der Waals surface area contributed by atoms with E-state index in [1.165, 1.54) is 6.33 Å². The molecule has 28 heavy (non-hydrogen) atoms. The number of hydrogen-bond donors (Lipinski definition) is 9. The van der Waals surface area contributed by atoms with Crippen molar-refractivity contribution >= 4 is 0 Å². The van der Waals surface area contributed by atoms with Crippen LogP contribution in [0.5, 0.6) is 0 Å². The SMILES string of the molecule is OC[C@H]1O[C@@H](O[C@H]2[C@H](O)[C@@H](O)[C@H](O)O[C@@H]2CO)[C@H](O)[C@@H](O)[C@H]1O.c1nnn[nH]1. The largest absolute Gasteiger partial charge is 0.394 e. The Bertz CT molecular complexity index is 533. The zero-order valence-electron chi connectivity index (χ0n) is 14.4. The summed E-state index contributed by atoms with van der Waals surface area (Å²) in [5.74, 6) is 0. The molecule has 162 valence electrons. The number of aliphatic hydroxyl groups is 8. The second-order valence-corrected chi connectivity index (χ2v) is 6.09. The van der Waals surface area contributed by atoms with E-state index in [0.717, 1.165) is 0 Å². The van der Waals surface area contributed by atoms with E-state index in [1.807, 2.05) is 0 Å². The Labute approximate surface area is 157 Å². The highest BCUT2D eigenvalue weighted by molar-refractivity contribution is 4.93. The van der Waals surface area contributed by atoms with Gasteiger partial charge in [-0.05, 0) is 10.4 Å². The Morgan fingerprint density at radius 1 is 0.821 bits per heavy atom. The number of nitrogens with one attached hydrogen (secondary N) is 1. The van der Waals surface area contributed by atoms with Crippen LogP contribution < -0.4 is 0 Å². The van der Waals surface area contributed by atoms with Gasteiger partial charge in [-0.15, -0.1) is 5.10 Å². The summed E-state index contributed by atoms with van der Waals surface area (Å²) in [5, 5.41) is 88.6. The number of nitrogens with zero attached hydrogens (tertiary/aromatic N) is 3. The van der Waals surface area contributed by atoms with Gasteiger partial charge in [0.2, 0.25) is 0 Å². The minimum absolute atomic E-state index is 0.667. The van der Waals surface area contributed by atoms with Crippen molar-refractivity contribution in [1.82, 2.24) is 20.6 Å². The van der Waals surface area contributed by atoms with Gasteiger partial charge < -0.3 is 55.1 Å². The Morgan fingerprint density at radius 2 is 1.50 bits per heavy atom. The maximum absolute atomic E-state index is 9.94. The number of hydrogen-bond acceptors (Lipinski definition) is 14. The van der Waals surface area contributed by atoms with Gasteiger partial charge in [0.25, 0.3) is 0 Å². The molecule has 2 fully saturated rings. The molecule has 0 spiro atoms. The summed E-state index contributed by atoms with van der Waals surface area (Å²) in [6.45, 7) is -1.35. The number of H-pyrrole nitrogens is 1. The average molecular weight is 412 g/mol. The summed E-state index contributed by atoms with van der Waals surface area (Å²) in [7, 11) is 0. The van der Waals surface area contributed by atoms with E-state index in [0.29, 0.717) is 0 Å². The zero-order chi connectivity index (χ0) is 20.8. The number of rotatable bonds is 4. The fourth-order valence-corrected chi connectivity index (χ4v) is 2.70. The minimum atomic E-state index is -1.74. The normalized spacial score (nSPS) is 43.9. The van der Waals surface area contributed by atoms with Crippen LogP contribution in [0.3, 0.4) is 0 Å². The van der Waals surface area contributed by atoms with Crippen molar-refractivity contribution in [2.45, 2.75) is 61.4 Å². The van der Waals surface area contributed by atoms with Crippen LogP contribution in [0.2, 0.25) is 0 Å². The Balaban J connectivity index is 0.000000485. The molecule has 0 aromatic carbocycles. The lowest BCUT2D eigenvalue weighted by atomic mass is 9.97. The van der Waals surface area contributed by atoms with Crippen molar-refractivity contribution in [1.29, 1.82) is 0 Å². The molecule has 3 heterocycles. The molecule has 0 aliphatic carbocycles.